The summed E-state index contributed by atoms with van der Waals surface area (Å²) in [4.78, 5) is 14.3. The molecule has 1 aliphatic heterocycles. The number of nitrogens with zero attached hydrogens (tertiary/aromatic N) is 1. The van der Waals surface area contributed by atoms with Gasteiger partial charge in [0, 0.05) is 19.1 Å². The predicted octanol–water partition coefficient (Wildman–Crippen LogP) is 2.74. The van der Waals surface area contributed by atoms with Crippen LogP contribution in [0, 0.1) is 12.7 Å². The second-order valence-corrected chi connectivity index (χ2v) is 5.53. The molecule has 1 atom stereocenters. The standard InChI is InChI=1S/C16H23FN2O/c1-3-9-19(11-13-5-4-8-18-13)16(20)14-10-12(2)6-7-15(14)17/h6-7,10,13,18H,3-5,8-9,11H2,1-2H3. The third-order valence-electron chi connectivity index (χ3n) is 3.74. The van der Waals surface area contributed by atoms with Gasteiger partial charge in [-0.2, -0.15) is 0 Å². The Balaban J connectivity index is 2.14. The molecule has 1 amide bonds. The highest BCUT2D eigenvalue weighted by Gasteiger charge is 2.23. The van der Waals surface area contributed by atoms with E-state index < -0.39 is 5.82 Å². The van der Waals surface area contributed by atoms with E-state index in [1.165, 1.54) is 6.07 Å². The second-order valence-electron chi connectivity index (χ2n) is 5.53. The van der Waals surface area contributed by atoms with Crippen molar-refractivity contribution in [2.45, 2.75) is 39.2 Å². The highest BCUT2D eigenvalue weighted by Crippen LogP contribution is 2.15. The zero-order valence-electron chi connectivity index (χ0n) is 12.3. The second kappa shape index (κ2) is 6.84. The number of carbonyl (C=O) groups is 1. The van der Waals surface area contributed by atoms with Gasteiger partial charge >= 0.3 is 0 Å². The summed E-state index contributed by atoms with van der Waals surface area (Å²) < 4.78 is 13.9. The topological polar surface area (TPSA) is 32.3 Å². The maximum absolute atomic E-state index is 13.9. The van der Waals surface area contributed by atoms with Crippen molar-refractivity contribution in [3.8, 4) is 0 Å². The van der Waals surface area contributed by atoms with Crippen LogP contribution in [0.2, 0.25) is 0 Å². The zero-order valence-corrected chi connectivity index (χ0v) is 12.3. The molecule has 0 saturated carbocycles. The molecule has 0 aromatic heterocycles. The van der Waals surface area contributed by atoms with Gasteiger partial charge < -0.3 is 10.2 Å². The van der Waals surface area contributed by atoms with Gasteiger partial charge in [0.25, 0.3) is 5.91 Å². The van der Waals surface area contributed by atoms with Crippen molar-refractivity contribution >= 4 is 5.91 Å². The average Bonchev–Trinajstić information content (AvgIpc) is 2.93. The third kappa shape index (κ3) is 3.57. The monoisotopic (exact) mass is 278 g/mol. The van der Waals surface area contributed by atoms with Gasteiger partial charge in [-0.05, 0) is 44.9 Å². The van der Waals surface area contributed by atoms with E-state index in [2.05, 4.69) is 5.32 Å². The highest BCUT2D eigenvalue weighted by molar-refractivity contribution is 5.94. The van der Waals surface area contributed by atoms with Gasteiger partial charge in [-0.25, -0.2) is 4.39 Å². The number of aryl methyl sites for hydroxylation is 1. The van der Waals surface area contributed by atoms with Crippen molar-refractivity contribution in [2.24, 2.45) is 0 Å². The van der Waals surface area contributed by atoms with Crippen LogP contribution in [-0.2, 0) is 0 Å². The van der Waals surface area contributed by atoms with Crippen LogP contribution in [-0.4, -0.2) is 36.5 Å². The van der Waals surface area contributed by atoms with Gasteiger partial charge in [0.2, 0.25) is 0 Å². The quantitative estimate of drug-likeness (QED) is 0.898. The fraction of sp³-hybridized carbons (Fsp3) is 0.562. The number of amides is 1. The van der Waals surface area contributed by atoms with E-state index in [1.807, 2.05) is 13.8 Å². The largest absolute Gasteiger partial charge is 0.337 e. The number of rotatable bonds is 5. The molecule has 1 aromatic carbocycles. The van der Waals surface area contributed by atoms with Gasteiger partial charge in [0.1, 0.15) is 5.82 Å². The van der Waals surface area contributed by atoms with Crippen molar-refractivity contribution in [1.29, 1.82) is 0 Å². The summed E-state index contributed by atoms with van der Waals surface area (Å²) in [5.74, 6) is -0.622. The summed E-state index contributed by atoms with van der Waals surface area (Å²) in [6, 6.07) is 5.05. The van der Waals surface area contributed by atoms with Crippen LogP contribution in [0.5, 0.6) is 0 Å². The average molecular weight is 278 g/mol. The molecule has 0 bridgehead atoms. The highest BCUT2D eigenvalue weighted by atomic mass is 19.1. The third-order valence-corrected chi connectivity index (χ3v) is 3.74. The first-order valence-corrected chi connectivity index (χ1v) is 7.40. The van der Waals surface area contributed by atoms with Gasteiger partial charge in [0.05, 0.1) is 5.56 Å². The van der Waals surface area contributed by atoms with Crippen molar-refractivity contribution in [2.75, 3.05) is 19.6 Å². The van der Waals surface area contributed by atoms with Gasteiger partial charge in [-0.15, -0.1) is 0 Å². The van der Waals surface area contributed by atoms with E-state index in [1.54, 1.807) is 17.0 Å². The van der Waals surface area contributed by atoms with Crippen molar-refractivity contribution in [3.63, 3.8) is 0 Å². The van der Waals surface area contributed by atoms with Crippen LogP contribution in [0.4, 0.5) is 4.39 Å². The fourth-order valence-corrected chi connectivity index (χ4v) is 2.70. The number of hydrogen-bond donors (Lipinski definition) is 1. The van der Waals surface area contributed by atoms with Crippen LogP contribution >= 0.6 is 0 Å². The summed E-state index contributed by atoms with van der Waals surface area (Å²) in [6.45, 7) is 6.26. The minimum atomic E-state index is -0.430. The Morgan fingerprint density at radius 2 is 2.30 bits per heavy atom. The molecule has 1 aliphatic rings. The predicted molar refractivity (Wildman–Crippen MR) is 78.4 cm³/mol. The normalized spacial score (nSPS) is 18.2. The molecular weight excluding hydrogens is 255 g/mol. The Bertz CT molecular complexity index is 470. The number of benzene rings is 1. The molecule has 1 unspecified atom stereocenters. The summed E-state index contributed by atoms with van der Waals surface area (Å²) in [7, 11) is 0. The van der Waals surface area contributed by atoms with Crippen LogP contribution in [0.25, 0.3) is 0 Å². The molecule has 1 heterocycles. The molecule has 0 aliphatic carbocycles. The van der Waals surface area contributed by atoms with E-state index in [9.17, 15) is 9.18 Å². The molecule has 110 valence electrons. The van der Waals surface area contributed by atoms with Gasteiger partial charge in [-0.3, -0.25) is 4.79 Å². The molecule has 1 fully saturated rings. The van der Waals surface area contributed by atoms with E-state index in [-0.39, 0.29) is 11.5 Å². The smallest absolute Gasteiger partial charge is 0.256 e. The lowest BCUT2D eigenvalue weighted by atomic mass is 10.1. The summed E-state index contributed by atoms with van der Waals surface area (Å²) in [6.07, 6.45) is 3.12. The Morgan fingerprint density at radius 3 is 2.95 bits per heavy atom. The van der Waals surface area contributed by atoms with Gasteiger partial charge in [-0.1, -0.05) is 18.6 Å². The van der Waals surface area contributed by atoms with E-state index in [0.29, 0.717) is 19.1 Å². The molecule has 0 radical (unpaired) electrons. The van der Waals surface area contributed by atoms with Crippen molar-refractivity contribution < 1.29 is 9.18 Å². The minimum Gasteiger partial charge on any atom is -0.337 e. The molecule has 2 rings (SSSR count). The molecule has 1 aromatic rings. The molecule has 4 heteroatoms. The van der Waals surface area contributed by atoms with E-state index in [0.717, 1.165) is 31.4 Å². The van der Waals surface area contributed by atoms with E-state index in [4.69, 9.17) is 0 Å². The van der Waals surface area contributed by atoms with Crippen LogP contribution in [0.3, 0.4) is 0 Å². The minimum absolute atomic E-state index is 0.191. The number of hydrogen-bond acceptors (Lipinski definition) is 2. The van der Waals surface area contributed by atoms with Gasteiger partial charge in [0.15, 0.2) is 0 Å². The Labute approximate surface area is 120 Å². The molecule has 20 heavy (non-hydrogen) atoms. The fourth-order valence-electron chi connectivity index (χ4n) is 2.70. The molecule has 3 nitrogen and oxygen atoms in total. The van der Waals surface area contributed by atoms with Crippen molar-refractivity contribution in [3.05, 3.63) is 35.1 Å². The lowest BCUT2D eigenvalue weighted by molar-refractivity contribution is 0.0737. The van der Waals surface area contributed by atoms with E-state index >= 15 is 0 Å². The summed E-state index contributed by atoms with van der Waals surface area (Å²) in [5.41, 5.74) is 1.10. The maximum atomic E-state index is 13.9. The van der Waals surface area contributed by atoms with Crippen molar-refractivity contribution in [1.82, 2.24) is 10.2 Å². The molecule has 1 N–H and O–H groups in total. The Kier molecular flexibility index (Phi) is 5.12. The van der Waals surface area contributed by atoms with Crippen LogP contribution < -0.4 is 5.32 Å². The Hall–Kier alpha value is -1.42. The number of nitrogens with one attached hydrogen (secondary N) is 1. The maximum Gasteiger partial charge on any atom is 0.256 e. The zero-order chi connectivity index (χ0) is 14.5. The molecule has 0 spiro atoms. The lowest BCUT2D eigenvalue weighted by Gasteiger charge is -2.26. The number of carbonyl (C=O) groups excluding carboxylic acids is 1. The summed E-state index contributed by atoms with van der Waals surface area (Å²) in [5, 5.41) is 3.39. The first-order valence-electron chi connectivity index (χ1n) is 7.40. The molecule has 1 saturated heterocycles. The Morgan fingerprint density at radius 1 is 1.50 bits per heavy atom. The lowest BCUT2D eigenvalue weighted by Crippen LogP contribution is -2.41. The first kappa shape index (κ1) is 15.0. The van der Waals surface area contributed by atoms with Crippen LogP contribution in [0.1, 0.15) is 42.1 Å². The first-order chi connectivity index (χ1) is 9.61. The summed E-state index contributed by atoms with van der Waals surface area (Å²) >= 11 is 0. The molecular formula is C16H23FN2O. The SMILES string of the molecule is CCCN(CC1CCCN1)C(=O)c1cc(C)ccc1F. The number of halogens is 1. The van der Waals surface area contributed by atoms with Crippen LogP contribution in [0.15, 0.2) is 18.2 Å².